The number of carbonyl (C=O) groups is 2. The number of carbonyl (C=O) groups excluding carboxylic acids is 2. The van der Waals surface area contributed by atoms with Crippen molar-refractivity contribution in [3.63, 3.8) is 0 Å². The standard InChI is InChI=1S/C17H19N3O6/c1-11-5-6-13(14(8-11)20(24)25)19-16(22)15(21)18-10-17(2,23)9-12-4-3-7-26-12/h3-8,23H,9-10H2,1-2H3,(H,18,21)(H,19,22). The number of nitrogens with one attached hydrogen (secondary N) is 2. The molecule has 1 unspecified atom stereocenters. The van der Waals surface area contributed by atoms with Crippen LogP contribution in [0.2, 0.25) is 0 Å². The molecule has 26 heavy (non-hydrogen) atoms. The summed E-state index contributed by atoms with van der Waals surface area (Å²) in [6.45, 7) is 2.96. The van der Waals surface area contributed by atoms with Gasteiger partial charge in [0.2, 0.25) is 0 Å². The minimum absolute atomic E-state index is 0.0805. The average Bonchev–Trinajstić information content (AvgIpc) is 3.06. The van der Waals surface area contributed by atoms with Crippen LogP contribution in [0, 0.1) is 17.0 Å². The van der Waals surface area contributed by atoms with Gasteiger partial charge in [0.25, 0.3) is 5.69 Å². The third kappa shape index (κ3) is 5.15. The zero-order valence-electron chi connectivity index (χ0n) is 14.3. The van der Waals surface area contributed by atoms with Crippen molar-refractivity contribution in [2.24, 2.45) is 0 Å². The fourth-order valence-corrected chi connectivity index (χ4v) is 2.28. The van der Waals surface area contributed by atoms with Crippen molar-refractivity contribution in [1.82, 2.24) is 5.32 Å². The summed E-state index contributed by atoms with van der Waals surface area (Å²) in [6, 6.07) is 7.58. The van der Waals surface area contributed by atoms with Crippen molar-refractivity contribution in [1.29, 1.82) is 0 Å². The van der Waals surface area contributed by atoms with Gasteiger partial charge < -0.3 is 20.2 Å². The lowest BCUT2D eigenvalue weighted by molar-refractivity contribution is -0.384. The summed E-state index contributed by atoms with van der Waals surface area (Å²) in [5.41, 5.74) is -1.07. The maximum absolute atomic E-state index is 12.0. The van der Waals surface area contributed by atoms with Crippen LogP contribution >= 0.6 is 0 Å². The maximum atomic E-state index is 12.0. The second-order valence-corrected chi connectivity index (χ2v) is 6.17. The van der Waals surface area contributed by atoms with Gasteiger partial charge in [-0.05, 0) is 37.6 Å². The van der Waals surface area contributed by atoms with Crippen LogP contribution < -0.4 is 10.6 Å². The van der Waals surface area contributed by atoms with Gasteiger partial charge >= 0.3 is 11.8 Å². The summed E-state index contributed by atoms with van der Waals surface area (Å²) in [7, 11) is 0. The van der Waals surface area contributed by atoms with Crippen LogP contribution in [0.25, 0.3) is 0 Å². The number of anilines is 1. The molecule has 0 fully saturated rings. The lowest BCUT2D eigenvalue weighted by Crippen LogP contribution is -2.45. The molecule has 1 aromatic carbocycles. The van der Waals surface area contributed by atoms with Crippen molar-refractivity contribution in [2.45, 2.75) is 25.9 Å². The highest BCUT2D eigenvalue weighted by Crippen LogP contribution is 2.25. The molecule has 2 amide bonds. The highest BCUT2D eigenvalue weighted by molar-refractivity contribution is 6.39. The summed E-state index contributed by atoms with van der Waals surface area (Å²) < 4.78 is 5.13. The average molecular weight is 361 g/mol. The monoisotopic (exact) mass is 361 g/mol. The van der Waals surface area contributed by atoms with Gasteiger partial charge in [-0.25, -0.2) is 0 Å². The second kappa shape index (κ2) is 7.79. The Balaban J connectivity index is 1.96. The van der Waals surface area contributed by atoms with Gasteiger partial charge in [-0.2, -0.15) is 0 Å². The number of benzene rings is 1. The molecular formula is C17H19N3O6. The van der Waals surface area contributed by atoms with Gasteiger partial charge in [0.05, 0.1) is 16.8 Å². The van der Waals surface area contributed by atoms with E-state index in [-0.39, 0.29) is 24.3 Å². The third-order valence-electron chi connectivity index (χ3n) is 3.57. The van der Waals surface area contributed by atoms with Crippen molar-refractivity contribution in [2.75, 3.05) is 11.9 Å². The number of nitro groups is 1. The number of rotatable bonds is 6. The van der Waals surface area contributed by atoms with Crippen LogP contribution in [0.1, 0.15) is 18.2 Å². The van der Waals surface area contributed by atoms with Crippen molar-refractivity contribution in [3.05, 3.63) is 58.0 Å². The molecule has 1 heterocycles. The maximum Gasteiger partial charge on any atom is 0.313 e. The van der Waals surface area contributed by atoms with Gasteiger partial charge in [0, 0.05) is 19.0 Å². The largest absolute Gasteiger partial charge is 0.469 e. The highest BCUT2D eigenvalue weighted by Gasteiger charge is 2.26. The molecule has 3 N–H and O–H groups in total. The van der Waals surface area contributed by atoms with Crippen LogP contribution in [-0.4, -0.2) is 34.0 Å². The first-order valence-electron chi connectivity index (χ1n) is 7.77. The van der Waals surface area contributed by atoms with Crippen LogP contribution in [0.5, 0.6) is 0 Å². The molecule has 2 aromatic rings. The number of hydrogen-bond acceptors (Lipinski definition) is 6. The van der Waals surface area contributed by atoms with E-state index in [1.54, 1.807) is 25.1 Å². The van der Waals surface area contributed by atoms with Crippen LogP contribution in [-0.2, 0) is 16.0 Å². The van der Waals surface area contributed by atoms with E-state index < -0.39 is 22.3 Å². The Kier molecular flexibility index (Phi) is 5.73. The van der Waals surface area contributed by atoms with Gasteiger partial charge in [-0.3, -0.25) is 19.7 Å². The van der Waals surface area contributed by atoms with Crippen LogP contribution in [0.15, 0.2) is 41.0 Å². The number of aliphatic hydroxyl groups is 1. The fourth-order valence-electron chi connectivity index (χ4n) is 2.28. The number of hydrogen-bond donors (Lipinski definition) is 3. The Bertz CT molecular complexity index is 814. The predicted molar refractivity (Wildman–Crippen MR) is 92.5 cm³/mol. The van der Waals surface area contributed by atoms with E-state index in [0.29, 0.717) is 11.3 Å². The number of nitrogens with zero attached hydrogens (tertiary/aromatic N) is 1. The topological polar surface area (TPSA) is 135 Å². The molecule has 0 saturated heterocycles. The lowest BCUT2D eigenvalue weighted by atomic mass is 10.0. The molecule has 0 bridgehead atoms. The molecule has 0 spiro atoms. The Hall–Kier alpha value is -3.20. The van der Waals surface area contributed by atoms with Crippen LogP contribution in [0.3, 0.4) is 0 Å². The van der Waals surface area contributed by atoms with Crippen molar-refractivity contribution < 1.29 is 24.0 Å². The number of nitro benzene ring substituents is 1. The predicted octanol–water partition coefficient (Wildman–Crippen LogP) is 1.54. The molecular weight excluding hydrogens is 342 g/mol. The molecule has 138 valence electrons. The summed E-state index contributed by atoms with van der Waals surface area (Å²) in [5, 5.41) is 25.8. The second-order valence-electron chi connectivity index (χ2n) is 6.17. The van der Waals surface area contributed by atoms with E-state index in [4.69, 9.17) is 4.42 Å². The minimum Gasteiger partial charge on any atom is -0.469 e. The molecule has 1 aromatic heterocycles. The number of aryl methyl sites for hydroxylation is 1. The fraction of sp³-hybridized carbons (Fsp3) is 0.294. The highest BCUT2D eigenvalue weighted by atomic mass is 16.6. The van der Waals surface area contributed by atoms with Crippen molar-refractivity contribution in [3.8, 4) is 0 Å². The van der Waals surface area contributed by atoms with Gasteiger partial charge in [0.15, 0.2) is 0 Å². The zero-order chi connectivity index (χ0) is 19.3. The molecule has 0 aliphatic heterocycles. The SMILES string of the molecule is Cc1ccc(NC(=O)C(=O)NCC(C)(O)Cc2ccco2)c([N+](=O)[O-])c1. The zero-order valence-corrected chi connectivity index (χ0v) is 14.3. The Morgan fingerprint density at radius 2 is 2.04 bits per heavy atom. The first kappa shape index (κ1) is 19.1. The van der Waals surface area contributed by atoms with Gasteiger partial charge in [-0.1, -0.05) is 6.07 Å². The van der Waals surface area contributed by atoms with E-state index in [2.05, 4.69) is 10.6 Å². The van der Waals surface area contributed by atoms with Crippen molar-refractivity contribution >= 4 is 23.2 Å². The Morgan fingerprint density at radius 1 is 1.31 bits per heavy atom. The number of furan rings is 1. The first-order chi connectivity index (χ1) is 12.2. The summed E-state index contributed by atoms with van der Waals surface area (Å²) >= 11 is 0. The van der Waals surface area contributed by atoms with E-state index in [1.165, 1.54) is 25.3 Å². The van der Waals surface area contributed by atoms with E-state index >= 15 is 0 Å². The first-order valence-corrected chi connectivity index (χ1v) is 7.77. The normalized spacial score (nSPS) is 12.9. The summed E-state index contributed by atoms with van der Waals surface area (Å²) in [5.74, 6) is -1.55. The number of amides is 2. The molecule has 0 aliphatic carbocycles. The van der Waals surface area contributed by atoms with Gasteiger partial charge in [-0.15, -0.1) is 0 Å². The molecule has 2 rings (SSSR count). The molecule has 1 atom stereocenters. The van der Waals surface area contributed by atoms with E-state index in [0.717, 1.165) is 0 Å². The molecule has 0 aliphatic rings. The smallest absolute Gasteiger partial charge is 0.313 e. The molecule has 9 heteroatoms. The van der Waals surface area contributed by atoms with Crippen LogP contribution in [0.4, 0.5) is 11.4 Å². The third-order valence-corrected chi connectivity index (χ3v) is 3.57. The quantitative estimate of drug-likeness (QED) is 0.406. The van der Waals surface area contributed by atoms with E-state index in [9.17, 15) is 24.8 Å². The van der Waals surface area contributed by atoms with Gasteiger partial charge in [0.1, 0.15) is 11.4 Å². The molecule has 0 radical (unpaired) electrons. The lowest BCUT2D eigenvalue weighted by Gasteiger charge is -2.22. The Morgan fingerprint density at radius 3 is 2.65 bits per heavy atom. The minimum atomic E-state index is -1.33. The summed E-state index contributed by atoms with van der Waals surface area (Å²) in [4.78, 5) is 34.3. The summed E-state index contributed by atoms with van der Waals surface area (Å²) in [6.07, 6.45) is 1.61. The molecule has 0 saturated carbocycles. The molecule has 9 nitrogen and oxygen atoms in total. The Labute approximate surface area is 149 Å². The van der Waals surface area contributed by atoms with E-state index in [1.807, 2.05) is 0 Å².